The molecule has 0 fully saturated rings. The average Bonchev–Trinajstić information content (AvgIpc) is 2.44. The molecule has 0 saturated carbocycles. The van der Waals surface area contributed by atoms with E-state index in [2.05, 4.69) is 26.2 Å². The number of carbonyl (C=O) groups is 1. The van der Waals surface area contributed by atoms with Crippen LogP contribution in [0.1, 0.15) is 45.1 Å². The van der Waals surface area contributed by atoms with Crippen LogP contribution < -0.4 is 0 Å². The van der Waals surface area contributed by atoms with Gasteiger partial charge < -0.3 is 4.74 Å². The Morgan fingerprint density at radius 3 is 2.44 bits per heavy atom. The second-order valence-corrected chi connectivity index (χ2v) is 5.52. The first-order valence-corrected chi connectivity index (χ1v) is 5.85. The highest BCUT2D eigenvalue weighted by molar-refractivity contribution is 9.10. The summed E-state index contributed by atoms with van der Waals surface area (Å²) in [5, 5.41) is 7.77. The van der Waals surface area contributed by atoms with E-state index >= 15 is 0 Å². The van der Waals surface area contributed by atoms with E-state index in [0.29, 0.717) is 10.3 Å². The molecule has 0 amide bonds. The standard InChI is InChI=1S/C10H16BrN3O2/c1-6(2)16-9(15)7-8(11)12-13-14(7)10(3,4)5/h6H,1-5H3. The van der Waals surface area contributed by atoms with Gasteiger partial charge in [-0.3, -0.25) is 0 Å². The lowest BCUT2D eigenvalue weighted by Gasteiger charge is -2.20. The minimum Gasteiger partial charge on any atom is -0.458 e. The minimum atomic E-state index is -0.415. The van der Waals surface area contributed by atoms with Crippen LogP contribution in [0.3, 0.4) is 0 Å². The fourth-order valence-corrected chi connectivity index (χ4v) is 1.57. The van der Waals surface area contributed by atoms with Gasteiger partial charge in [0.2, 0.25) is 0 Å². The third-order valence-corrected chi connectivity index (χ3v) is 2.33. The molecule has 0 N–H and O–H groups in total. The monoisotopic (exact) mass is 289 g/mol. The highest BCUT2D eigenvalue weighted by atomic mass is 79.9. The summed E-state index contributed by atoms with van der Waals surface area (Å²) in [5.41, 5.74) is 0.0332. The van der Waals surface area contributed by atoms with Crippen LogP contribution in [0.15, 0.2) is 4.60 Å². The number of hydrogen-bond donors (Lipinski definition) is 0. The van der Waals surface area contributed by atoms with Crippen LogP contribution in [0.25, 0.3) is 0 Å². The zero-order chi connectivity index (χ0) is 12.5. The number of esters is 1. The van der Waals surface area contributed by atoms with Gasteiger partial charge in [0, 0.05) is 0 Å². The molecule has 1 heterocycles. The second-order valence-electron chi connectivity index (χ2n) is 4.77. The van der Waals surface area contributed by atoms with Crippen molar-refractivity contribution in [3.05, 3.63) is 10.3 Å². The Labute approximate surface area is 103 Å². The van der Waals surface area contributed by atoms with Crippen molar-refractivity contribution in [2.75, 3.05) is 0 Å². The van der Waals surface area contributed by atoms with Gasteiger partial charge in [0.1, 0.15) is 0 Å². The highest BCUT2D eigenvalue weighted by Gasteiger charge is 2.27. The maximum Gasteiger partial charge on any atom is 0.359 e. The van der Waals surface area contributed by atoms with E-state index in [-0.39, 0.29) is 11.6 Å². The lowest BCUT2D eigenvalue weighted by atomic mass is 10.1. The first-order valence-electron chi connectivity index (χ1n) is 5.06. The van der Waals surface area contributed by atoms with E-state index in [1.165, 1.54) is 0 Å². The fourth-order valence-electron chi connectivity index (χ4n) is 1.17. The van der Waals surface area contributed by atoms with E-state index in [1.54, 1.807) is 18.5 Å². The molecule has 0 radical (unpaired) electrons. The number of halogens is 1. The summed E-state index contributed by atoms with van der Waals surface area (Å²) in [5.74, 6) is -0.415. The molecule has 5 nitrogen and oxygen atoms in total. The Kier molecular flexibility index (Phi) is 3.72. The molecular formula is C10H16BrN3O2. The molecule has 0 spiro atoms. The van der Waals surface area contributed by atoms with Crippen molar-refractivity contribution in [3.63, 3.8) is 0 Å². The summed E-state index contributed by atoms with van der Waals surface area (Å²) in [6, 6.07) is 0. The van der Waals surface area contributed by atoms with Gasteiger partial charge in [-0.1, -0.05) is 5.21 Å². The molecule has 6 heteroatoms. The SMILES string of the molecule is CC(C)OC(=O)c1c(Br)nnn1C(C)(C)C. The van der Waals surface area contributed by atoms with Gasteiger partial charge in [0.15, 0.2) is 10.3 Å². The van der Waals surface area contributed by atoms with Gasteiger partial charge in [-0.15, -0.1) is 5.10 Å². The van der Waals surface area contributed by atoms with E-state index < -0.39 is 5.97 Å². The number of hydrogen-bond acceptors (Lipinski definition) is 4. The fraction of sp³-hybridized carbons (Fsp3) is 0.700. The highest BCUT2D eigenvalue weighted by Crippen LogP contribution is 2.21. The predicted octanol–water partition coefficient (Wildman–Crippen LogP) is 2.36. The third-order valence-electron chi connectivity index (χ3n) is 1.80. The Morgan fingerprint density at radius 1 is 1.44 bits per heavy atom. The molecule has 0 aliphatic rings. The van der Waals surface area contributed by atoms with Crippen LogP contribution >= 0.6 is 15.9 Å². The van der Waals surface area contributed by atoms with Crippen LogP contribution in [-0.2, 0) is 10.3 Å². The molecule has 0 aliphatic carbocycles. The summed E-state index contributed by atoms with van der Waals surface area (Å²) in [4.78, 5) is 11.9. The van der Waals surface area contributed by atoms with Crippen molar-refractivity contribution in [2.24, 2.45) is 0 Å². The van der Waals surface area contributed by atoms with Crippen LogP contribution in [0, 0.1) is 0 Å². The zero-order valence-electron chi connectivity index (χ0n) is 10.1. The lowest BCUT2D eigenvalue weighted by molar-refractivity contribution is 0.0354. The van der Waals surface area contributed by atoms with E-state index in [1.807, 2.05) is 20.8 Å². The number of nitrogens with zero attached hydrogens (tertiary/aromatic N) is 3. The van der Waals surface area contributed by atoms with Gasteiger partial charge in [0.25, 0.3) is 0 Å². The van der Waals surface area contributed by atoms with Crippen molar-refractivity contribution in [1.29, 1.82) is 0 Å². The van der Waals surface area contributed by atoms with Gasteiger partial charge in [0.05, 0.1) is 11.6 Å². The Bertz CT molecular complexity index is 393. The molecule has 0 aromatic carbocycles. The van der Waals surface area contributed by atoms with E-state index in [4.69, 9.17) is 4.74 Å². The molecule has 0 atom stereocenters. The van der Waals surface area contributed by atoms with Crippen molar-refractivity contribution in [1.82, 2.24) is 15.0 Å². The Balaban J connectivity index is 3.12. The average molecular weight is 290 g/mol. The normalized spacial score (nSPS) is 11.9. The maximum atomic E-state index is 11.9. The molecule has 16 heavy (non-hydrogen) atoms. The zero-order valence-corrected chi connectivity index (χ0v) is 11.7. The smallest absolute Gasteiger partial charge is 0.359 e. The topological polar surface area (TPSA) is 57.0 Å². The molecular weight excluding hydrogens is 274 g/mol. The number of carbonyl (C=O) groups excluding carboxylic acids is 1. The number of aromatic nitrogens is 3. The number of rotatable bonds is 2. The second kappa shape index (κ2) is 4.53. The lowest BCUT2D eigenvalue weighted by Crippen LogP contribution is -2.28. The molecule has 1 rings (SSSR count). The molecule has 0 saturated heterocycles. The van der Waals surface area contributed by atoms with Crippen LogP contribution in [0.4, 0.5) is 0 Å². The third kappa shape index (κ3) is 2.81. The van der Waals surface area contributed by atoms with Crippen LogP contribution in [0.5, 0.6) is 0 Å². The molecule has 1 aromatic heterocycles. The van der Waals surface area contributed by atoms with E-state index in [0.717, 1.165) is 0 Å². The first kappa shape index (κ1) is 13.2. The van der Waals surface area contributed by atoms with Crippen molar-refractivity contribution < 1.29 is 9.53 Å². The van der Waals surface area contributed by atoms with Crippen molar-refractivity contribution in [3.8, 4) is 0 Å². The molecule has 0 aliphatic heterocycles. The minimum absolute atomic E-state index is 0.164. The molecule has 0 bridgehead atoms. The van der Waals surface area contributed by atoms with Crippen LogP contribution in [-0.4, -0.2) is 27.1 Å². The Morgan fingerprint density at radius 2 is 2.00 bits per heavy atom. The van der Waals surface area contributed by atoms with Crippen molar-refractivity contribution in [2.45, 2.75) is 46.3 Å². The predicted molar refractivity (Wildman–Crippen MR) is 63.3 cm³/mol. The first-order chi connectivity index (χ1) is 7.23. The van der Waals surface area contributed by atoms with Gasteiger partial charge >= 0.3 is 5.97 Å². The molecule has 90 valence electrons. The van der Waals surface area contributed by atoms with E-state index in [9.17, 15) is 4.79 Å². The summed E-state index contributed by atoms with van der Waals surface area (Å²) < 4.78 is 7.11. The summed E-state index contributed by atoms with van der Waals surface area (Å²) in [7, 11) is 0. The van der Waals surface area contributed by atoms with Crippen LogP contribution in [0.2, 0.25) is 0 Å². The molecule has 0 unspecified atom stereocenters. The Hall–Kier alpha value is -0.910. The van der Waals surface area contributed by atoms with Gasteiger partial charge in [-0.25, -0.2) is 9.48 Å². The molecule has 1 aromatic rings. The summed E-state index contributed by atoms with van der Waals surface area (Å²) >= 11 is 3.20. The van der Waals surface area contributed by atoms with Crippen molar-refractivity contribution >= 4 is 21.9 Å². The number of ether oxygens (including phenoxy) is 1. The largest absolute Gasteiger partial charge is 0.458 e. The quantitative estimate of drug-likeness (QED) is 0.785. The van der Waals surface area contributed by atoms with Gasteiger partial charge in [-0.2, -0.15) is 0 Å². The van der Waals surface area contributed by atoms with Gasteiger partial charge in [-0.05, 0) is 50.5 Å². The summed E-state index contributed by atoms with van der Waals surface area (Å²) in [6.45, 7) is 9.44. The maximum absolute atomic E-state index is 11.9. The summed E-state index contributed by atoms with van der Waals surface area (Å²) in [6.07, 6.45) is -0.164.